The molecule has 19 heavy (non-hydrogen) atoms. The molecule has 1 aromatic carbocycles. The lowest BCUT2D eigenvalue weighted by Crippen LogP contribution is -2.38. The Morgan fingerprint density at radius 2 is 1.89 bits per heavy atom. The maximum atomic E-state index is 6.15. The first-order valence-electron chi connectivity index (χ1n) is 6.40. The first-order valence-corrected chi connectivity index (χ1v) is 6.78. The molecule has 0 saturated carbocycles. The molecular formula is C15H16ClN3. The topological polar surface area (TPSA) is 19.4 Å². The normalized spacial score (nSPS) is 14.4. The third-order valence-electron chi connectivity index (χ3n) is 3.54. The highest BCUT2D eigenvalue weighted by Gasteiger charge is 2.20. The highest BCUT2D eigenvalue weighted by atomic mass is 35.5. The Bertz CT molecular complexity index is 585. The van der Waals surface area contributed by atoms with Crippen molar-refractivity contribution >= 4 is 23.0 Å². The smallest absolute Gasteiger partial charge is 0.133 e. The van der Waals surface area contributed by atoms with E-state index in [1.54, 1.807) is 6.20 Å². The Kier molecular flexibility index (Phi) is 3.30. The zero-order chi connectivity index (χ0) is 13.2. The van der Waals surface area contributed by atoms with Crippen LogP contribution in [0.2, 0.25) is 5.15 Å². The van der Waals surface area contributed by atoms with Gasteiger partial charge in [-0.15, -0.1) is 0 Å². The SMILES string of the molecule is CN1CCN(Cc2cccnc2Cl)c2ccccc21. The first kappa shape index (κ1) is 12.3. The van der Waals surface area contributed by atoms with Crippen molar-refractivity contribution in [2.45, 2.75) is 6.54 Å². The Morgan fingerprint density at radius 1 is 1.11 bits per heavy atom. The van der Waals surface area contributed by atoms with Gasteiger partial charge in [0.15, 0.2) is 0 Å². The number of halogens is 1. The lowest BCUT2D eigenvalue weighted by atomic mass is 10.1. The molecule has 0 spiro atoms. The summed E-state index contributed by atoms with van der Waals surface area (Å²) in [5, 5.41) is 0.596. The minimum atomic E-state index is 0.596. The molecule has 0 radical (unpaired) electrons. The molecule has 0 amide bonds. The average molecular weight is 274 g/mol. The van der Waals surface area contributed by atoms with E-state index < -0.39 is 0 Å². The zero-order valence-electron chi connectivity index (χ0n) is 10.9. The van der Waals surface area contributed by atoms with Gasteiger partial charge in [0.05, 0.1) is 11.4 Å². The van der Waals surface area contributed by atoms with Crippen molar-refractivity contribution in [2.75, 3.05) is 29.9 Å². The van der Waals surface area contributed by atoms with Crippen LogP contribution in [0.5, 0.6) is 0 Å². The second kappa shape index (κ2) is 5.10. The number of pyridine rings is 1. The van der Waals surface area contributed by atoms with E-state index >= 15 is 0 Å². The molecule has 3 nitrogen and oxygen atoms in total. The standard InChI is InChI=1S/C15H16ClN3/c1-18-9-10-19(14-7-3-2-6-13(14)18)11-12-5-4-8-17-15(12)16/h2-8H,9-11H2,1H3. The number of anilines is 2. The molecule has 0 saturated heterocycles. The fraction of sp³-hybridized carbons (Fsp3) is 0.267. The minimum absolute atomic E-state index is 0.596. The molecule has 4 heteroatoms. The molecule has 2 aromatic rings. The van der Waals surface area contributed by atoms with E-state index in [1.807, 2.05) is 12.1 Å². The molecular weight excluding hydrogens is 258 g/mol. The van der Waals surface area contributed by atoms with Crippen molar-refractivity contribution in [3.8, 4) is 0 Å². The number of rotatable bonds is 2. The van der Waals surface area contributed by atoms with Crippen molar-refractivity contribution in [2.24, 2.45) is 0 Å². The second-order valence-electron chi connectivity index (χ2n) is 4.79. The summed E-state index contributed by atoms with van der Waals surface area (Å²) in [6.45, 7) is 2.82. The summed E-state index contributed by atoms with van der Waals surface area (Å²) in [5.41, 5.74) is 3.61. The number of likely N-dealkylation sites (N-methyl/N-ethyl adjacent to an activating group) is 1. The van der Waals surface area contributed by atoms with Crippen LogP contribution in [0.15, 0.2) is 42.6 Å². The summed E-state index contributed by atoms with van der Waals surface area (Å²) in [6.07, 6.45) is 1.73. The van der Waals surface area contributed by atoms with Gasteiger partial charge in [0.2, 0.25) is 0 Å². The van der Waals surface area contributed by atoms with Gasteiger partial charge in [0.25, 0.3) is 0 Å². The van der Waals surface area contributed by atoms with Crippen LogP contribution < -0.4 is 9.80 Å². The van der Waals surface area contributed by atoms with Crippen LogP contribution in [0.1, 0.15) is 5.56 Å². The number of hydrogen-bond donors (Lipinski definition) is 0. The lowest BCUT2D eigenvalue weighted by Gasteiger charge is -2.37. The number of fused-ring (bicyclic) bond motifs is 1. The minimum Gasteiger partial charge on any atom is -0.371 e. The summed E-state index contributed by atoms with van der Waals surface area (Å²) in [4.78, 5) is 8.79. The van der Waals surface area contributed by atoms with Crippen LogP contribution >= 0.6 is 11.6 Å². The van der Waals surface area contributed by atoms with E-state index in [2.05, 4.69) is 46.1 Å². The summed E-state index contributed by atoms with van der Waals surface area (Å²) in [7, 11) is 2.13. The van der Waals surface area contributed by atoms with Crippen LogP contribution in [0, 0.1) is 0 Å². The molecule has 1 aromatic heterocycles. The van der Waals surface area contributed by atoms with Crippen LogP contribution in [-0.2, 0) is 6.54 Å². The predicted molar refractivity (Wildman–Crippen MR) is 80.0 cm³/mol. The maximum Gasteiger partial charge on any atom is 0.133 e. The highest BCUT2D eigenvalue weighted by Crippen LogP contribution is 2.33. The van der Waals surface area contributed by atoms with Crippen LogP contribution in [0.4, 0.5) is 11.4 Å². The molecule has 0 unspecified atom stereocenters. The van der Waals surface area contributed by atoms with Crippen LogP contribution in [0.25, 0.3) is 0 Å². The van der Waals surface area contributed by atoms with Gasteiger partial charge in [-0.05, 0) is 18.2 Å². The summed E-state index contributed by atoms with van der Waals surface area (Å²) in [5.74, 6) is 0. The van der Waals surface area contributed by atoms with Gasteiger partial charge < -0.3 is 9.80 Å². The van der Waals surface area contributed by atoms with E-state index in [-0.39, 0.29) is 0 Å². The number of benzene rings is 1. The first-order chi connectivity index (χ1) is 9.25. The maximum absolute atomic E-state index is 6.15. The fourth-order valence-corrected chi connectivity index (χ4v) is 2.65. The van der Waals surface area contributed by atoms with Gasteiger partial charge in [-0.1, -0.05) is 29.8 Å². The number of nitrogens with zero attached hydrogens (tertiary/aromatic N) is 3. The summed E-state index contributed by atoms with van der Waals surface area (Å²) in [6, 6.07) is 12.5. The van der Waals surface area contributed by atoms with Gasteiger partial charge in [-0.25, -0.2) is 4.98 Å². The summed E-state index contributed by atoms with van der Waals surface area (Å²) < 4.78 is 0. The highest BCUT2D eigenvalue weighted by molar-refractivity contribution is 6.30. The molecule has 0 fully saturated rings. The lowest BCUT2D eigenvalue weighted by molar-refractivity contribution is 0.733. The molecule has 3 rings (SSSR count). The zero-order valence-corrected chi connectivity index (χ0v) is 11.6. The number of aromatic nitrogens is 1. The Morgan fingerprint density at radius 3 is 2.68 bits per heavy atom. The van der Waals surface area contributed by atoms with Crippen molar-refractivity contribution in [3.63, 3.8) is 0 Å². The summed E-state index contributed by atoms with van der Waals surface area (Å²) >= 11 is 6.15. The van der Waals surface area contributed by atoms with Crippen LogP contribution in [0.3, 0.4) is 0 Å². The van der Waals surface area contributed by atoms with Gasteiger partial charge in [-0.3, -0.25) is 0 Å². The molecule has 0 bridgehead atoms. The Labute approximate surface area is 118 Å². The van der Waals surface area contributed by atoms with Crippen molar-refractivity contribution in [1.29, 1.82) is 0 Å². The van der Waals surface area contributed by atoms with Crippen molar-refractivity contribution in [3.05, 3.63) is 53.3 Å². The molecule has 0 atom stereocenters. The Hall–Kier alpha value is -1.74. The fourth-order valence-electron chi connectivity index (χ4n) is 2.47. The van der Waals surface area contributed by atoms with Gasteiger partial charge in [0, 0.05) is 38.4 Å². The molecule has 1 aliphatic heterocycles. The van der Waals surface area contributed by atoms with E-state index in [4.69, 9.17) is 11.6 Å². The number of para-hydroxylation sites is 2. The molecule has 0 N–H and O–H groups in total. The quantitative estimate of drug-likeness (QED) is 0.784. The monoisotopic (exact) mass is 273 g/mol. The molecule has 2 heterocycles. The van der Waals surface area contributed by atoms with E-state index in [0.29, 0.717) is 5.15 Å². The van der Waals surface area contributed by atoms with E-state index in [1.165, 1.54) is 11.4 Å². The van der Waals surface area contributed by atoms with Gasteiger partial charge in [0.1, 0.15) is 5.15 Å². The molecule has 98 valence electrons. The largest absolute Gasteiger partial charge is 0.371 e. The van der Waals surface area contributed by atoms with E-state index in [9.17, 15) is 0 Å². The number of hydrogen-bond acceptors (Lipinski definition) is 3. The average Bonchev–Trinajstić information content (AvgIpc) is 2.44. The third-order valence-corrected chi connectivity index (χ3v) is 3.88. The van der Waals surface area contributed by atoms with Gasteiger partial charge >= 0.3 is 0 Å². The van der Waals surface area contributed by atoms with E-state index in [0.717, 1.165) is 25.2 Å². The molecule has 0 aliphatic carbocycles. The Balaban J connectivity index is 1.91. The van der Waals surface area contributed by atoms with Crippen LogP contribution in [-0.4, -0.2) is 25.1 Å². The molecule has 1 aliphatic rings. The second-order valence-corrected chi connectivity index (χ2v) is 5.14. The van der Waals surface area contributed by atoms with Crippen molar-refractivity contribution in [1.82, 2.24) is 4.98 Å². The predicted octanol–water partition coefficient (Wildman–Crippen LogP) is 3.19. The third kappa shape index (κ3) is 2.38. The van der Waals surface area contributed by atoms with Crippen molar-refractivity contribution < 1.29 is 0 Å². The van der Waals surface area contributed by atoms with Gasteiger partial charge in [-0.2, -0.15) is 0 Å².